The minimum absolute atomic E-state index is 0.113. The molecule has 1 aliphatic rings. The Morgan fingerprint density at radius 3 is 2.19 bits per heavy atom. The van der Waals surface area contributed by atoms with Crippen molar-refractivity contribution in [3.8, 4) is 0 Å². The van der Waals surface area contributed by atoms with Gasteiger partial charge >= 0.3 is 17.9 Å². The fourth-order valence-electron chi connectivity index (χ4n) is 2.74. The van der Waals surface area contributed by atoms with E-state index in [9.17, 15) is 14.4 Å². The molecule has 26 heavy (non-hydrogen) atoms. The lowest BCUT2D eigenvalue weighted by atomic mass is 9.98. The first-order chi connectivity index (χ1) is 12.5. The van der Waals surface area contributed by atoms with Crippen molar-refractivity contribution < 1.29 is 28.6 Å². The van der Waals surface area contributed by atoms with Gasteiger partial charge < -0.3 is 14.2 Å². The second-order valence-corrected chi connectivity index (χ2v) is 6.80. The quantitative estimate of drug-likeness (QED) is 0.225. The van der Waals surface area contributed by atoms with Crippen LogP contribution in [0.5, 0.6) is 0 Å². The Hall–Kier alpha value is -1.85. The molecule has 0 aromatic rings. The maximum absolute atomic E-state index is 11.7. The van der Waals surface area contributed by atoms with E-state index in [1.807, 2.05) is 0 Å². The topological polar surface area (TPSA) is 78.9 Å². The van der Waals surface area contributed by atoms with Crippen molar-refractivity contribution in [3.63, 3.8) is 0 Å². The first kappa shape index (κ1) is 22.2. The fraction of sp³-hybridized carbons (Fsp3) is 0.750. The zero-order valence-corrected chi connectivity index (χ0v) is 15.9. The molecule has 0 atom stereocenters. The third kappa shape index (κ3) is 10.9. The first-order valence-corrected chi connectivity index (χ1v) is 9.66. The zero-order chi connectivity index (χ0) is 19.2. The Labute approximate surface area is 156 Å². The Morgan fingerprint density at radius 1 is 0.846 bits per heavy atom. The lowest BCUT2D eigenvalue weighted by Gasteiger charge is -2.21. The van der Waals surface area contributed by atoms with Gasteiger partial charge in [0.25, 0.3) is 0 Å². The van der Waals surface area contributed by atoms with E-state index in [-0.39, 0.29) is 31.1 Å². The summed E-state index contributed by atoms with van der Waals surface area (Å²) in [5.41, 5.74) is 0.343. The fourth-order valence-corrected chi connectivity index (χ4v) is 2.74. The Bertz CT molecular complexity index is 465. The molecular formula is C20H32O6. The van der Waals surface area contributed by atoms with E-state index in [4.69, 9.17) is 14.2 Å². The molecule has 0 aromatic carbocycles. The molecule has 1 fully saturated rings. The summed E-state index contributed by atoms with van der Waals surface area (Å²) in [6, 6.07) is 0. The van der Waals surface area contributed by atoms with Crippen LogP contribution >= 0.6 is 0 Å². The van der Waals surface area contributed by atoms with Crippen molar-refractivity contribution in [1.82, 2.24) is 0 Å². The van der Waals surface area contributed by atoms with E-state index < -0.39 is 5.97 Å². The van der Waals surface area contributed by atoms with Gasteiger partial charge in [-0.05, 0) is 58.3 Å². The average Bonchev–Trinajstić information content (AvgIpc) is 2.62. The number of ether oxygens (including phenoxy) is 3. The second-order valence-electron chi connectivity index (χ2n) is 6.80. The predicted octanol–water partition coefficient (Wildman–Crippen LogP) is 3.87. The smallest absolute Gasteiger partial charge is 0.333 e. The number of carbonyl (C=O) groups excluding carboxylic acids is 3. The van der Waals surface area contributed by atoms with Crippen LogP contribution in [-0.4, -0.2) is 37.2 Å². The SMILES string of the molecule is C=C(C)C(=O)OCCCC(=O)OCCCCCC(=O)OC1CCCCC1. The van der Waals surface area contributed by atoms with Crippen molar-refractivity contribution in [2.45, 2.75) is 83.7 Å². The number of unbranched alkanes of at least 4 members (excludes halogenated alkanes) is 2. The van der Waals surface area contributed by atoms with Crippen molar-refractivity contribution in [1.29, 1.82) is 0 Å². The van der Waals surface area contributed by atoms with Crippen LogP contribution in [0.3, 0.4) is 0 Å². The van der Waals surface area contributed by atoms with Gasteiger partial charge in [0, 0.05) is 18.4 Å². The molecule has 148 valence electrons. The number of hydrogen-bond acceptors (Lipinski definition) is 6. The van der Waals surface area contributed by atoms with Crippen LogP contribution < -0.4 is 0 Å². The van der Waals surface area contributed by atoms with E-state index in [1.165, 1.54) is 6.42 Å². The average molecular weight is 368 g/mol. The lowest BCUT2D eigenvalue weighted by Crippen LogP contribution is -2.20. The van der Waals surface area contributed by atoms with Gasteiger partial charge in [0.1, 0.15) is 6.10 Å². The molecule has 6 nitrogen and oxygen atoms in total. The van der Waals surface area contributed by atoms with Crippen LogP contribution in [-0.2, 0) is 28.6 Å². The normalized spacial score (nSPS) is 14.5. The van der Waals surface area contributed by atoms with Gasteiger partial charge in [-0.15, -0.1) is 0 Å². The molecule has 0 aliphatic heterocycles. The van der Waals surface area contributed by atoms with Crippen LogP contribution in [0.15, 0.2) is 12.2 Å². The van der Waals surface area contributed by atoms with Gasteiger partial charge in [-0.2, -0.15) is 0 Å². The van der Waals surface area contributed by atoms with Gasteiger partial charge in [0.2, 0.25) is 0 Å². The van der Waals surface area contributed by atoms with Gasteiger partial charge in [-0.3, -0.25) is 9.59 Å². The summed E-state index contributed by atoms with van der Waals surface area (Å²) in [4.78, 5) is 34.4. The summed E-state index contributed by atoms with van der Waals surface area (Å²) in [5, 5.41) is 0. The summed E-state index contributed by atoms with van der Waals surface area (Å²) >= 11 is 0. The van der Waals surface area contributed by atoms with Gasteiger partial charge in [0.05, 0.1) is 13.2 Å². The number of hydrogen-bond donors (Lipinski definition) is 0. The largest absolute Gasteiger partial charge is 0.466 e. The Morgan fingerprint density at radius 2 is 1.50 bits per heavy atom. The van der Waals surface area contributed by atoms with Crippen molar-refractivity contribution in [2.75, 3.05) is 13.2 Å². The van der Waals surface area contributed by atoms with E-state index in [2.05, 4.69) is 6.58 Å². The molecule has 1 aliphatic carbocycles. The molecule has 0 unspecified atom stereocenters. The van der Waals surface area contributed by atoms with Crippen LogP contribution in [0.4, 0.5) is 0 Å². The summed E-state index contributed by atoms with van der Waals surface area (Å²) in [6.07, 6.45) is 9.04. The van der Waals surface area contributed by atoms with Gasteiger partial charge in [-0.1, -0.05) is 13.0 Å². The molecule has 0 heterocycles. The molecule has 0 spiro atoms. The minimum atomic E-state index is -0.444. The monoisotopic (exact) mass is 368 g/mol. The highest BCUT2D eigenvalue weighted by atomic mass is 16.5. The van der Waals surface area contributed by atoms with Gasteiger partial charge in [0.15, 0.2) is 0 Å². The lowest BCUT2D eigenvalue weighted by molar-refractivity contribution is -0.151. The molecule has 1 saturated carbocycles. The molecule has 0 amide bonds. The van der Waals surface area contributed by atoms with Crippen molar-refractivity contribution in [3.05, 3.63) is 12.2 Å². The maximum atomic E-state index is 11.7. The van der Waals surface area contributed by atoms with Crippen LogP contribution in [0, 0.1) is 0 Å². The third-order valence-corrected chi connectivity index (χ3v) is 4.25. The summed E-state index contributed by atoms with van der Waals surface area (Å²) in [7, 11) is 0. The predicted molar refractivity (Wildman–Crippen MR) is 97.4 cm³/mol. The first-order valence-electron chi connectivity index (χ1n) is 9.66. The zero-order valence-electron chi connectivity index (χ0n) is 15.9. The van der Waals surface area contributed by atoms with Crippen molar-refractivity contribution in [2.24, 2.45) is 0 Å². The van der Waals surface area contributed by atoms with Gasteiger partial charge in [-0.25, -0.2) is 4.79 Å². The summed E-state index contributed by atoms with van der Waals surface area (Å²) < 4.78 is 15.5. The Kier molecular flexibility index (Phi) is 11.4. The third-order valence-electron chi connectivity index (χ3n) is 4.25. The molecule has 0 radical (unpaired) electrons. The molecule has 1 rings (SSSR count). The summed E-state index contributed by atoms with van der Waals surface area (Å²) in [6.45, 7) is 5.59. The van der Waals surface area contributed by atoms with Crippen LogP contribution in [0.25, 0.3) is 0 Å². The molecule has 0 saturated heterocycles. The highest BCUT2D eigenvalue weighted by molar-refractivity contribution is 5.86. The number of carbonyl (C=O) groups is 3. The van der Waals surface area contributed by atoms with E-state index >= 15 is 0 Å². The van der Waals surface area contributed by atoms with Crippen molar-refractivity contribution >= 4 is 17.9 Å². The van der Waals surface area contributed by atoms with E-state index in [1.54, 1.807) is 6.92 Å². The second kappa shape index (κ2) is 13.4. The molecule has 0 N–H and O–H groups in total. The molecule has 6 heteroatoms. The van der Waals surface area contributed by atoms with E-state index in [0.717, 1.165) is 44.9 Å². The number of rotatable bonds is 12. The van der Waals surface area contributed by atoms with Crippen LogP contribution in [0.2, 0.25) is 0 Å². The number of esters is 3. The molecule has 0 bridgehead atoms. The standard InChI is InChI=1S/C20H32O6/c1-16(2)20(23)25-15-9-13-18(21)24-14-8-4-7-12-19(22)26-17-10-5-3-6-11-17/h17H,1,3-15H2,2H3. The summed E-state index contributed by atoms with van der Waals surface area (Å²) in [5.74, 6) is -0.855. The molecular weight excluding hydrogens is 336 g/mol. The Balaban J connectivity index is 1.91. The minimum Gasteiger partial charge on any atom is -0.466 e. The maximum Gasteiger partial charge on any atom is 0.333 e. The highest BCUT2D eigenvalue weighted by Crippen LogP contribution is 2.21. The highest BCUT2D eigenvalue weighted by Gasteiger charge is 2.17. The van der Waals surface area contributed by atoms with Crippen LogP contribution in [0.1, 0.15) is 77.6 Å². The van der Waals surface area contributed by atoms with E-state index in [0.29, 0.717) is 25.0 Å². The molecule has 0 aromatic heterocycles.